The van der Waals surface area contributed by atoms with Crippen molar-refractivity contribution in [1.29, 1.82) is 0 Å². The van der Waals surface area contributed by atoms with E-state index >= 15 is 0 Å². The van der Waals surface area contributed by atoms with E-state index < -0.39 is 0 Å². The Bertz CT molecular complexity index is 366. The molecule has 0 fully saturated rings. The molecule has 0 amide bonds. The van der Waals surface area contributed by atoms with Crippen LogP contribution in [0.5, 0.6) is 5.75 Å². The summed E-state index contributed by atoms with van der Waals surface area (Å²) in [5.41, 5.74) is 1.22. The Kier molecular flexibility index (Phi) is 6.89. The van der Waals surface area contributed by atoms with E-state index in [4.69, 9.17) is 9.47 Å². The smallest absolute Gasteiger partial charge is 0.119 e. The van der Waals surface area contributed by atoms with Crippen molar-refractivity contribution in [3.8, 4) is 5.75 Å². The monoisotopic (exact) mass is 265 g/mol. The van der Waals surface area contributed by atoms with Crippen molar-refractivity contribution in [2.45, 2.75) is 39.3 Å². The van der Waals surface area contributed by atoms with Crippen LogP contribution in [0.25, 0.3) is 0 Å². The number of hydrogen-bond donors (Lipinski definition) is 1. The van der Waals surface area contributed by atoms with E-state index in [2.05, 4.69) is 38.2 Å². The number of ether oxygens (including phenoxy) is 2. The second-order valence-electron chi connectivity index (χ2n) is 5.15. The third-order valence-electron chi connectivity index (χ3n) is 3.32. The summed E-state index contributed by atoms with van der Waals surface area (Å²) < 4.78 is 11.0. The first-order valence-electron chi connectivity index (χ1n) is 7.04. The molecule has 1 N–H and O–H groups in total. The Balaban J connectivity index is 2.99. The first-order chi connectivity index (χ1) is 9.13. The zero-order chi connectivity index (χ0) is 14.3. The molecule has 1 aromatic carbocycles. The molecule has 19 heavy (non-hydrogen) atoms. The predicted molar refractivity (Wildman–Crippen MR) is 79.7 cm³/mol. The van der Waals surface area contributed by atoms with Gasteiger partial charge in [0.15, 0.2) is 0 Å². The van der Waals surface area contributed by atoms with Gasteiger partial charge in [-0.25, -0.2) is 0 Å². The van der Waals surface area contributed by atoms with Gasteiger partial charge in [0.2, 0.25) is 0 Å². The normalized spacial score (nSPS) is 14.4. The largest absolute Gasteiger partial charge is 0.497 e. The Morgan fingerprint density at radius 3 is 2.47 bits per heavy atom. The minimum absolute atomic E-state index is 0.152. The average molecular weight is 265 g/mol. The Labute approximate surface area is 117 Å². The number of nitrogens with one attached hydrogen (secondary N) is 1. The van der Waals surface area contributed by atoms with E-state index in [1.165, 1.54) is 5.56 Å². The van der Waals surface area contributed by atoms with Gasteiger partial charge in [0.25, 0.3) is 0 Å². The molecule has 0 aliphatic carbocycles. The first kappa shape index (κ1) is 16.0. The Hall–Kier alpha value is -1.06. The van der Waals surface area contributed by atoms with Gasteiger partial charge in [-0.1, -0.05) is 32.9 Å². The predicted octanol–water partition coefficient (Wildman–Crippen LogP) is 3.41. The molecule has 1 aromatic rings. The number of benzene rings is 1. The molecule has 0 heterocycles. The zero-order valence-corrected chi connectivity index (χ0v) is 12.8. The number of hydrogen-bond acceptors (Lipinski definition) is 3. The maximum Gasteiger partial charge on any atom is 0.119 e. The second-order valence-corrected chi connectivity index (χ2v) is 5.15. The molecule has 2 atom stereocenters. The third-order valence-corrected chi connectivity index (χ3v) is 3.32. The topological polar surface area (TPSA) is 30.5 Å². The van der Waals surface area contributed by atoms with Crippen LogP contribution in [0.15, 0.2) is 24.3 Å². The Morgan fingerprint density at radius 2 is 1.95 bits per heavy atom. The molecular weight excluding hydrogens is 238 g/mol. The molecule has 3 nitrogen and oxygen atoms in total. The van der Waals surface area contributed by atoms with Crippen LogP contribution in [0.1, 0.15) is 38.8 Å². The summed E-state index contributed by atoms with van der Waals surface area (Å²) >= 11 is 0. The van der Waals surface area contributed by atoms with Crippen molar-refractivity contribution in [3.05, 3.63) is 29.8 Å². The molecule has 0 radical (unpaired) electrons. The van der Waals surface area contributed by atoms with Crippen molar-refractivity contribution < 1.29 is 9.47 Å². The van der Waals surface area contributed by atoms with Crippen LogP contribution in [0, 0.1) is 5.92 Å². The SMILES string of the molecule is CCCNC(c1cccc(OC)c1)C(OC)C(C)C. The Morgan fingerprint density at radius 1 is 1.21 bits per heavy atom. The summed E-state index contributed by atoms with van der Waals surface area (Å²) in [5.74, 6) is 1.34. The van der Waals surface area contributed by atoms with Crippen molar-refractivity contribution >= 4 is 0 Å². The molecule has 3 heteroatoms. The molecule has 108 valence electrons. The van der Waals surface area contributed by atoms with Crippen molar-refractivity contribution in [2.75, 3.05) is 20.8 Å². The fourth-order valence-corrected chi connectivity index (χ4v) is 2.35. The van der Waals surface area contributed by atoms with Crippen LogP contribution in [0.2, 0.25) is 0 Å². The number of rotatable bonds is 8. The highest BCUT2D eigenvalue weighted by Crippen LogP contribution is 2.27. The van der Waals surface area contributed by atoms with Gasteiger partial charge in [0, 0.05) is 7.11 Å². The van der Waals surface area contributed by atoms with E-state index in [0.29, 0.717) is 5.92 Å². The maximum absolute atomic E-state index is 5.70. The van der Waals surface area contributed by atoms with E-state index in [0.717, 1.165) is 18.7 Å². The van der Waals surface area contributed by atoms with Crippen LogP contribution in [0.3, 0.4) is 0 Å². The minimum atomic E-state index is 0.152. The molecule has 0 spiro atoms. The lowest BCUT2D eigenvalue weighted by molar-refractivity contribution is 0.0326. The summed E-state index contributed by atoms with van der Waals surface area (Å²) in [6.07, 6.45) is 1.26. The van der Waals surface area contributed by atoms with Gasteiger partial charge in [0.1, 0.15) is 5.75 Å². The summed E-state index contributed by atoms with van der Waals surface area (Å²) in [4.78, 5) is 0. The summed E-state index contributed by atoms with van der Waals surface area (Å²) in [5, 5.41) is 3.59. The quantitative estimate of drug-likeness (QED) is 0.781. The zero-order valence-electron chi connectivity index (χ0n) is 12.8. The lowest BCUT2D eigenvalue weighted by Gasteiger charge is -2.30. The van der Waals surface area contributed by atoms with Gasteiger partial charge in [-0.05, 0) is 36.6 Å². The van der Waals surface area contributed by atoms with Gasteiger partial charge in [-0.2, -0.15) is 0 Å². The standard InChI is InChI=1S/C16H27NO2/c1-6-10-17-15(16(19-5)12(2)3)13-8-7-9-14(11-13)18-4/h7-9,11-12,15-17H,6,10H2,1-5H3. The third kappa shape index (κ3) is 4.51. The van der Waals surface area contributed by atoms with Crippen LogP contribution in [-0.4, -0.2) is 26.9 Å². The van der Waals surface area contributed by atoms with Gasteiger partial charge < -0.3 is 14.8 Å². The molecule has 0 bridgehead atoms. The molecule has 1 rings (SSSR count). The highest BCUT2D eigenvalue weighted by Gasteiger charge is 2.25. The molecule has 0 saturated heterocycles. The fraction of sp³-hybridized carbons (Fsp3) is 0.625. The van der Waals surface area contributed by atoms with Crippen LogP contribution < -0.4 is 10.1 Å². The van der Waals surface area contributed by atoms with Crippen molar-refractivity contribution in [3.63, 3.8) is 0 Å². The van der Waals surface area contributed by atoms with Crippen molar-refractivity contribution in [2.24, 2.45) is 5.92 Å². The van der Waals surface area contributed by atoms with E-state index in [-0.39, 0.29) is 12.1 Å². The molecule has 0 aromatic heterocycles. The van der Waals surface area contributed by atoms with Crippen LogP contribution >= 0.6 is 0 Å². The molecule has 0 aliphatic heterocycles. The summed E-state index contributed by atoms with van der Waals surface area (Å²) in [7, 11) is 3.48. The number of methoxy groups -OCH3 is 2. The first-order valence-corrected chi connectivity index (χ1v) is 7.04. The van der Waals surface area contributed by atoms with E-state index in [9.17, 15) is 0 Å². The summed E-state index contributed by atoms with van der Waals surface area (Å²) in [6, 6.07) is 8.41. The highest BCUT2D eigenvalue weighted by atomic mass is 16.5. The van der Waals surface area contributed by atoms with Crippen LogP contribution in [0.4, 0.5) is 0 Å². The summed E-state index contributed by atoms with van der Waals surface area (Å²) in [6.45, 7) is 7.53. The van der Waals surface area contributed by atoms with Gasteiger partial charge >= 0.3 is 0 Å². The van der Waals surface area contributed by atoms with Gasteiger partial charge in [0.05, 0.1) is 19.3 Å². The maximum atomic E-state index is 5.70. The molecule has 0 aliphatic rings. The minimum Gasteiger partial charge on any atom is -0.497 e. The van der Waals surface area contributed by atoms with E-state index in [1.807, 2.05) is 12.1 Å². The average Bonchev–Trinajstić information content (AvgIpc) is 2.43. The lowest BCUT2D eigenvalue weighted by atomic mass is 9.93. The van der Waals surface area contributed by atoms with Crippen LogP contribution in [-0.2, 0) is 4.74 Å². The molecule has 2 unspecified atom stereocenters. The second kappa shape index (κ2) is 8.18. The van der Waals surface area contributed by atoms with E-state index in [1.54, 1.807) is 14.2 Å². The van der Waals surface area contributed by atoms with Gasteiger partial charge in [-0.3, -0.25) is 0 Å². The fourth-order valence-electron chi connectivity index (χ4n) is 2.35. The van der Waals surface area contributed by atoms with Gasteiger partial charge in [-0.15, -0.1) is 0 Å². The van der Waals surface area contributed by atoms with Crippen molar-refractivity contribution in [1.82, 2.24) is 5.32 Å². The lowest BCUT2D eigenvalue weighted by Crippen LogP contribution is -2.37. The molecular formula is C16H27NO2. The highest BCUT2D eigenvalue weighted by molar-refractivity contribution is 5.31. The molecule has 0 saturated carbocycles.